The Morgan fingerprint density at radius 3 is 2.69 bits per heavy atom. The van der Waals surface area contributed by atoms with E-state index >= 15 is 0 Å². The molecule has 3 N–H and O–H groups in total. The van der Waals surface area contributed by atoms with Gasteiger partial charge < -0.3 is 16.0 Å². The fraction of sp³-hybridized carbons (Fsp3) is 0.400. The molecule has 0 saturated heterocycles. The van der Waals surface area contributed by atoms with Gasteiger partial charge in [0, 0.05) is 41.8 Å². The average molecular weight is 372 g/mol. The van der Waals surface area contributed by atoms with Crippen molar-refractivity contribution < 1.29 is 0 Å². The fourth-order valence-corrected chi connectivity index (χ4v) is 3.60. The third-order valence-electron chi connectivity index (χ3n) is 4.72. The summed E-state index contributed by atoms with van der Waals surface area (Å²) in [6.07, 6.45) is 6.43. The second-order valence-electron chi connectivity index (χ2n) is 6.35. The second kappa shape index (κ2) is 8.52. The van der Waals surface area contributed by atoms with Crippen LogP contribution in [0, 0.1) is 0 Å². The van der Waals surface area contributed by atoms with Crippen molar-refractivity contribution in [3.63, 3.8) is 0 Å². The lowest BCUT2D eigenvalue weighted by Crippen LogP contribution is -2.37. The van der Waals surface area contributed by atoms with Crippen LogP contribution in [0.25, 0.3) is 17.3 Å². The Morgan fingerprint density at radius 2 is 2.00 bits per heavy atom. The number of benzene rings is 1. The van der Waals surface area contributed by atoms with Gasteiger partial charge in [-0.3, -0.25) is 0 Å². The van der Waals surface area contributed by atoms with Gasteiger partial charge >= 0.3 is 0 Å². The van der Waals surface area contributed by atoms with Gasteiger partial charge in [-0.05, 0) is 18.9 Å². The highest BCUT2D eigenvalue weighted by molar-refractivity contribution is 6.33. The lowest BCUT2D eigenvalue weighted by molar-refractivity contribution is 0.569. The monoisotopic (exact) mass is 371 g/mol. The number of nitrogens with one attached hydrogen (secondary N) is 1. The van der Waals surface area contributed by atoms with E-state index in [0.29, 0.717) is 30.1 Å². The molecule has 138 valence electrons. The number of nitrogens with zero attached hydrogens (tertiary/aromatic N) is 3. The van der Waals surface area contributed by atoms with Crippen LogP contribution >= 0.6 is 11.6 Å². The molecule has 1 aromatic carbocycles. The Morgan fingerprint density at radius 1 is 1.23 bits per heavy atom. The smallest absolute Gasteiger partial charge is 0.225 e. The summed E-state index contributed by atoms with van der Waals surface area (Å²) >= 11 is 6.47. The molecular weight excluding hydrogens is 346 g/mol. The number of hydrogen-bond acceptors (Lipinski definition) is 5. The van der Waals surface area contributed by atoms with E-state index in [4.69, 9.17) is 27.3 Å². The van der Waals surface area contributed by atoms with Crippen LogP contribution in [0.5, 0.6) is 0 Å². The van der Waals surface area contributed by atoms with Gasteiger partial charge in [-0.15, -0.1) is 0 Å². The molecular formula is C20H26ClN5. The molecule has 2 heterocycles. The van der Waals surface area contributed by atoms with Gasteiger partial charge in [0.2, 0.25) is 5.95 Å². The van der Waals surface area contributed by atoms with Gasteiger partial charge in [0.1, 0.15) is 5.82 Å². The maximum Gasteiger partial charge on any atom is 0.225 e. The molecule has 0 unspecified atom stereocenters. The van der Waals surface area contributed by atoms with Crippen LogP contribution in [0.4, 0.5) is 11.8 Å². The molecule has 0 saturated carbocycles. The molecule has 1 aliphatic rings. The lowest BCUT2D eigenvalue weighted by atomic mass is 10.0. The lowest BCUT2D eigenvalue weighted by Gasteiger charge is -2.34. The first-order chi connectivity index (χ1) is 12.7. The summed E-state index contributed by atoms with van der Waals surface area (Å²) in [6, 6.07) is 8.24. The third kappa shape index (κ3) is 3.69. The summed E-state index contributed by atoms with van der Waals surface area (Å²) in [5.41, 5.74) is 8.44. The molecule has 0 spiro atoms. The molecule has 6 heteroatoms. The normalized spacial score (nSPS) is 13.2. The third-order valence-corrected chi connectivity index (χ3v) is 5.05. The van der Waals surface area contributed by atoms with Crippen LogP contribution in [0.3, 0.4) is 0 Å². The molecule has 5 nitrogen and oxygen atoms in total. The minimum atomic E-state index is 0.440. The molecule has 0 radical (unpaired) electrons. The SMILES string of the molecule is CCC(CC)N1CC=Cc2c(-c3ccccc3Cl)nc(NCCN)nc21. The number of fused-ring (bicyclic) bond motifs is 1. The highest BCUT2D eigenvalue weighted by atomic mass is 35.5. The van der Waals surface area contributed by atoms with E-state index in [1.54, 1.807) is 0 Å². The van der Waals surface area contributed by atoms with E-state index in [9.17, 15) is 0 Å². The number of hydrogen-bond donors (Lipinski definition) is 2. The summed E-state index contributed by atoms with van der Waals surface area (Å²) in [5.74, 6) is 1.56. The largest absolute Gasteiger partial charge is 0.353 e. The van der Waals surface area contributed by atoms with Crippen LogP contribution < -0.4 is 16.0 Å². The summed E-state index contributed by atoms with van der Waals surface area (Å²) < 4.78 is 0. The number of halogens is 1. The quantitative estimate of drug-likeness (QED) is 0.763. The van der Waals surface area contributed by atoms with Crippen LogP contribution in [0.1, 0.15) is 32.3 Å². The van der Waals surface area contributed by atoms with Crippen molar-refractivity contribution in [1.82, 2.24) is 9.97 Å². The molecule has 3 rings (SSSR count). The standard InChI is InChI=1S/C20H26ClN5/c1-3-14(4-2)26-13-7-9-16-18(15-8-5-6-10-17(15)21)24-20(23-12-11-22)25-19(16)26/h5-10,14H,3-4,11-13,22H2,1-2H3,(H,23,24,25). The van der Waals surface area contributed by atoms with Gasteiger partial charge in [-0.1, -0.05) is 55.8 Å². The summed E-state index contributed by atoms with van der Waals surface area (Å²) in [6.45, 7) is 6.44. The summed E-state index contributed by atoms with van der Waals surface area (Å²) in [7, 11) is 0. The zero-order valence-electron chi connectivity index (χ0n) is 15.4. The molecule has 26 heavy (non-hydrogen) atoms. The highest BCUT2D eigenvalue weighted by Crippen LogP contribution is 2.37. The molecule has 0 fully saturated rings. The first-order valence-corrected chi connectivity index (χ1v) is 9.61. The maximum atomic E-state index is 6.47. The van der Waals surface area contributed by atoms with Crippen LogP contribution in [-0.2, 0) is 0 Å². The Balaban J connectivity index is 2.17. The zero-order chi connectivity index (χ0) is 18.5. The van der Waals surface area contributed by atoms with Crippen molar-refractivity contribution in [2.45, 2.75) is 32.7 Å². The van der Waals surface area contributed by atoms with E-state index in [1.165, 1.54) is 0 Å². The van der Waals surface area contributed by atoms with Crippen molar-refractivity contribution in [3.05, 3.63) is 40.9 Å². The van der Waals surface area contributed by atoms with E-state index in [2.05, 4.69) is 36.2 Å². The Labute approximate surface area is 160 Å². The molecule has 1 aromatic heterocycles. The topological polar surface area (TPSA) is 67.1 Å². The predicted octanol–water partition coefficient (Wildman–Crippen LogP) is 4.19. The molecule has 0 aliphatic carbocycles. The summed E-state index contributed by atoms with van der Waals surface area (Å²) in [4.78, 5) is 11.9. The maximum absolute atomic E-state index is 6.47. The first kappa shape index (κ1) is 18.7. The molecule has 0 atom stereocenters. The van der Waals surface area contributed by atoms with Crippen LogP contribution in [0.2, 0.25) is 5.02 Å². The van der Waals surface area contributed by atoms with Crippen molar-refractivity contribution >= 4 is 29.4 Å². The van der Waals surface area contributed by atoms with Gasteiger partial charge in [-0.25, -0.2) is 4.98 Å². The van der Waals surface area contributed by atoms with Crippen molar-refractivity contribution in [2.75, 3.05) is 29.9 Å². The zero-order valence-corrected chi connectivity index (χ0v) is 16.1. The van der Waals surface area contributed by atoms with Crippen LogP contribution in [-0.4, -0.2) is 35.6 Å². The van der Waals surface area contributed by atoms with Crippen molar-refractivity contribution in [3.8, 4) is 11.3 Å². The Hall–Kier alpha value is -2.11. The van der Waals surface area contributed by atoms with Crippen LogP contribution in [0.15, 0.2) is 30.3 Å². The number of anilines is 2. The number of rotatable bonds is 7. The molecule has 1 aliphatic heterocycles. The Bertz CT molecular complexity index is 786. The van der Waals surface area contributed by atoms with Gasteiger partial charge in [0.05, 0.1) is 5.69 Å². The van der Waals surface area contributed by atoms with E-state index in [0.717, 1.165) is 42.0 Å². The van der Waals surface area contributed by atoms with Gasteiger partial charge in [0.15, 0.2) is 0 Å². The predicted molar refractivity (Wildman–Crippen MR) is 111 cm³/mol. The minimum Gasteiger partial charge on any atom is -0.353 e. The fourth-order valence-electron chi connectivity index (χ4n) is 3.37. The van der Waals surface area contributed by atoms with E-state index < -0.39 is 0 Å². The molecule has 2 aromatic rings. The van der Waals surface area contributed by atoms with Gasteiger partial charge in [-0.2, -0.15) is 4.98 Å². The Kier molecular flexibility index (Phi) is 6.12. The van der Waals surface area contributed by atoms with E-state index in [1.807, 2.05) is 24.3 Å². The molecule has 0 amide bonds. The van der Waals surface area contributed by atoms with Gasteiger partial charge in [0.25, 0.3) is 0 Å². The summed E-state index contributed by atoms with van der Waals surface area (Å²) in [5, 5.41) is 3.91. The highest BCUT2D eigenvalue weighted by Gasteiger charge is 2.25. The van der Waals surface area contributed by atoms with E-state index in [-0.39, 0.29) is 0 Å². The number of aromatic nitrogens is 2. The second-order valence-corrected chi connectivity index (χ2v) is 6.76. The van der Waals surface area contributed by atoms with Crippen molar-refractivity contribution in [1.29, 1.82) is 0 Å². The first-order valence-electron chi connectivity index (χ1n) is 9.23. The number of nitrogens with two attached hydrogens (primary N) is 1. The molecule has 0 bridgehead atoms. The minimum absolute atomic E-state index is 0.440. The average Bonchev–Trinajstić information content (AvgIpc) is 2.67. The van der Waals surface area contributed by atoms with Crippen molar-refractivity contribution in [2.24, 2.45) is 5.73 Å².